The molecule has 0 saturated heterocycles. The first-order valence-electron chi connectivity index (χ1n) is 6.99. The highest BCUT2D eigenvalue weighted by Crippen LogP contribution is 2.25. The van der Waals surface area contributed by atoms with Gasteiger partial charge in [0.05, 0.1) is 6.61 Å². The molecule has 2 heterocycles. The summed E-state index contributed by atoms with van der Waals surface area (Å²) in [4.78, 5) is 20.9. The largest absolute Gasteiger partial charge is 0.461 e. The van der Waals surface area contributed by atoms with Gasteiger partial charge in [-0.1, -0.05) is 11.8 Å². The lowest BCUT2D eigenvalue weighted by Gasteiger charge is -2.09. The fraction of sp³-hybridized carbons (Fsp3) is 0.188. The molecule has 0 amide bonds. The second-order valence-corrected chi connectivity index (χ2v) is 5.47. The fourth-order valence-corrected chi connectivity index (χ4v) is 2.61. The molecule has 3 rings (SSSR count). The molecule has 2 aromatic heterocycles. The summed E-state index contributed by atoms with van der Waals surface area (Å²) in [5.41, 5.74) is 1.55. The van der Waals surface area contributed by atoms with Crippen LogP contribution in [0.15, 0.2) is 41.7 Å². The number of carbonyl (C=O) groups is 1. The molecule has 1 aromatic carbocycles. The first kappa shape index (κ1) is 15.5. The molecule has 0 atom stereocenters. The number of halogens is 1. The van der Waals surface area contributed by atoms with Gasteiger partial charge in [-0.05, 0) is 43.5 Å². The van der Waals surface area contributed by atoms with Crippen LogP contribution in [-0.2, 0) is 4.74 Å². The molecule has 3 aromatic rings. The van der Waals surface area contributed by atoms with Crippen LogP contribution in [-0.4, -0.2) is 33.4 Å². The maximum Gasteiger partial charge on any atom is 0.355 e. The summed E-state index contributed by atoms with van der Waals surface area (Å²) in [5, 5.41) is 1.31. The highest BCUT2D eigenvalue weighted by Gasteiger charge is 2.19. The number of aromatic nitrogens is 3. The summed E-state index contributed by atoms with van der Waals surface area (Å²) >= 11 is 1.41. The third-order valence-corrected chi connectivity index (χ3v) is 3.83. The Balaban J connectivity index is 2.27. The van der Waals surface area contributed by atoms with Crippen molar-refractivity contribution in [3.8, 4) is 5.69 Å². The molecule has 0 radical (unpaired) electrons. The number of esters is 1. The van der Waals surface area contributed by atoms with Gasteiger partial charge in [0.2, 0.25) is 0 Å². The van der Waals surface area contributed by atoms with Gasteiger partial charge < -0.3 is 4.74 Å². The lowest BCUT2D eigenvalue weighted by atomic mass is 10.3. The zero-order valence-corrected chi connectivity index (χ0v) is 13.4. The third-order valence-electron chi connectivity index (χ3n) is 3.27. The molecule has 0 aliphatic heterocycles. The van der Waals surface area contributed by atoms with Crippen LogP contribution in [0, 0.1) is 5.82 Å². The smallest absolute Gasteiger partial charge is 0.355 e. The minimum Gasteiger partial charge on any atom is -0.461 e. The highest BCUT2D eigenvalue weighted by atomic mass is 32.2. The van der Waals surface area contributed by atoms with E-state index in [0.717, 1.165) is 5.39 Å². The molecule has 7 heteroatoms. The predicted octanol–water partition coefficient (Wildman–Crippen LogP) is 3.46. The van der Waals surface area contributed by atoms with Crippen LogP contribution in [0.25, 0.3) is 16.7 Å². The fourth-order valence-electron chi connectivity index (χ4n) is 2.28. The van der Waals surface area contributed by atoms with Crippen molar-refractivity contribution in [1.82, 2.24) is 14.5 Å². The molecule has 118 valence electrons. The Morgan fingerprint density at radius 2 is 2.09 bits per heavy atom. The number of thioether (sulfide) groups is 1. The number of fused-ring (bicyclic) bond motifs is 1. The molecule has 0 saturated carbocycles. The van der Waals surface area contributed by atoms with Gasteiger partial charge >= 0.3 is 5.97 Å². The Bertz CT molecular complexity index is 862. The first-order valence-corrected chi connectivity index (χ1v) is 8.22. The van der Waals surface area contributed by atoms with Crippen LogP contribution >= 0.6 is 11.8 Å². The van der Waals surface area contributed by atoms with Crippen molar-refractivity contribution in [2.45, 2.75) is 12.1 Å². The van der Waals surface area contributed by atoms with Crippen LogP contribution in [0.4, 0.5) is 4.39 Å². The molecule has 0 aliphatic rings. The van der Waals surface area contributed by atoms with Crippen molar-refractivity contribution < 1.29 is 13.9 Å². The first-order chi connectivity index (χ1) is 11.1. The Kier molecular flexibility index (Phi) is 4.29. The van der Waals surface area contributed by atoms with E-state index in [1.54, 1.807) is 35.9 Å². The zero-order valence-electron chi connectivity index (χ0n) is 12.6. The number of ether oxygens (including phenoxy) is 1. The van der Waals surface area contributed by atoms with Gasteiger partial charge in [-0.2, -0.15) is 0 Å². The van der Waals surface area contributed by atoms with Crippen LogP contribution in [0.1, 0.15) is 17.4 Å². The quantitative estimate of drug-likeness (QED) is 0.416. The molecule has 0 aliphatic carbocycles. The van der Waals surface area contributed by atoms with Gasteiger partial charge in [0.25, 0.3) is 0 Å². The normalized spacial score (nSPS) is 10.9. The predicted molar refractivity (Wildman–Crippen MR) is 86.6 cm³/mol. The van der Waals surface area contributed by atoms with Crippen LogP contribution in [0.2, 0.25) is 0 Å². The van der Waals surface area contributed by atoms with E-state index in [0.29, 0.717) is 22.2 Å². The summed E-state index contributed by atoms with van der Waals surface area (Å²) in [6.45, 7) is 2.01. The van der Waals surface area contributed by atoms with Crippen molar-refractivity contribution in [2.24, 2.45) is 0 Å². The van der Waals surface area contributed by atoms with Gasteiger partial charge in [-0.3, -0.25) is 4.57 Å². The number of benzene rings is 1. The summed E-state index contributed by atoms with van der Waals surface area (Å²) in [6.07, 6.45) is 3.54. The second-order valence-electron chi connectivity index (χ2n) is 4.70. The monoisotopic (exact) mass is 331 g/mol. The van der Waals surface area contributed by atoms with E-state index in [-0.39, 0.29) is 12.4 Å². The van der Waals surface area contributed by atoms with Crippen molar-refractivity contribution in [3.05, 3.63) is 48.0 Å². The molecule has 0 bridgehead atoms. The number of carbonyl (C=O) groups excluding carboxylic acids is 1. The van der Waals surface area contributed by atoms with Gasteiger partial charge in [0.1, 0.15) is 17.2 Å². The van der Waals surface area contributed by atoms with Crippen LogP contribution in [0.5, 0.6) is 0 Å². The Labute approximate surface area is 136 Å². The lowest BCUT2D eigenvalue weighted by Crippen LogP contribution is -2.11. The molecular weight excluding hydrogens is 317 g/mol. The topological polar surface area (TPSA) is 57.0 Å². The number of hydrogen-bond donors (Lipinski definition) is 0. The summed E-state index contributed by atoms with van der Waals surface area (Å²) in [6, 6.07) is 7.55. The van der Waals surface area contributed by atoms with E-state index in [1.807, 2.05) is 6.26 Å². The second kappa shape index (κ2) is 6.37. The highest BCUT2D eigenvalue weighted by molar-refractivity contribution is 7.98. The average molecular weight is 331 g/mol. The molecule has 0 unspecified atom stereocenters. The van der Waals surface area contributed by atoms with E-state index in [4.69, 9.17) is 4.74 Å². The van der Waals surface area contributed by atoms with Gasteiger partial charge in [-0.15, -0.1) is 0 Å². The standard InChI is InChI=1S/C16H14FN3O2S/c1-3-22-15(21)13-8-10-9-18-16(23-2)19-14(10)20(13)12-6-4-11(17)5-7-12/h4-9H,3H2,1-2H3. The maximum absolute atomic E-state index is 13.2. The van der Waals surface area contributed by atoms with Gasteiger partial charge in [0, 0.05) is 17.3 Å². The van der Waals surface area contributed by atoms with Crippen molar-refractivity contribution in [2.75, 3.05) is 12.9 Å². The summed E-state index contributed by atoms with van der Waals surface area (Å²) < 4.78 is 20.0. The van der Waals surface area contributed by atoms with E-state index in [1.165, 1.54) is 23.9 Å². The number of nitrogens with zero attached hydrogens (tertiary/aromatic N) is 3. The average Bonchev–Trinajstić information content (AvgIpc) is 2.94. The minimum atomic E-state index is -0.458. The lowest BCUT2D eigenvalue weighted by molar-refractivity contribution is 0.0517. The van der Waals surface area contributed by atoms with Crippen LogP contribution < -0.4 is 0 Å². The van der Waals surface area contributed by atoms with Gasteiger partial charge in [0.15, 0.2) is 5.16 Å². The molecule has 0 fully saturated rings. The van der Waals surface area contributed by atoms with E-state index >= 15 is 0 Å². The van der Waals surface area contributed by atoms with E-state index in [2.05, 4.69) is 9.97 Å². The Morgan fingerprint density at radius 3 is 2.74 bits per heavy atom. The maximum atomic E-state index is 13.2. The Morgan fingerprint density at radius 1 is 1.35 bits per heavy atom. The Hall–Kier alpha value is -2.41. The minimum absolute atomic E-state index is 0.269. The third kappa shape index (κ3) is 2.92. The van der Waals surface area contributed by atoms with E-state index in [9.17, 15) is 9.18 Å². The molecule has 0 spiro atoms. The van der Waals surface area contributed by atoms with Crippen LogP contribution in [0.3, 0.4) is 0 Å². The number of hydrogen-bond acceptors (Lipinski definition) is 5. The molecule has 0 N–H and O–H groups in total. The molecular formula is C16H14FN3O2S. The molecule has 23 heavy (non-hydrogen) atoms. The van der Waals surface area contributed by atoms with Crippen molar-refractivity contribution >= 4 is 28.8 Å². The van der Waals surface area contributed by atoms with E-state index < -0.39 is 5.97 Å². The van der Waals surface area contributed by atoms with Crippen molar-refractivity contribution in [1.29, 1.82) is 0 Å². The zero-order chi connectivity index (χ0) is 16.4. The SMILES string of the molecule is CCOC(=O)c1cc2cnc(SC)nc2n1-c1ccc(F)cc1. The summed E-state index contributed by atoms with van der Waals surface area (Å²) in [7, 11) is 0. The van der Waals surface area contributed by atoms with Crippen molar-refractivity contribution in [3.63, 3.8) is 0 Å². The summed E-state index contributed by atoms with van der Waals surface area (Å²) in [5.74, 6) is -0.803. The number of rotatable bonds is 4. The van der Waals surface area contributed by atoms with Gasteiger partial charge in [-0.25, -0.2) is 19.2 Å². The molecule has 5 nitrogen and oxygen atoms in total.